The van der Waals surface area contributed by atoms with Crippen molar-refractivity contribution in [3.63, 3.8) is 0 Å². The summed E-state index contributed by atoms with van der Waals surface area (Å²) in [7, 11) is 0. The smallest absolute Gasteiger partial charge is 0.362 e. The molecule has 0 heterocycles. The largest absolute Gasteiger partial charge is 0.478 e. The fourth-order valence-corrected chi connectivity index (χ4v) is 0.508. The van der Waals surface area contributed by atoms with Crippen molar-refractivity contribution in [3.8, 4) is 0 Å². The van der Waals surface area contributed by atoms with Crippen LogP contribution in [-0.2, 0) is 4.74 Å². The molecule has 0 aromatic heterocycles. The molecule has 0 aliphatic rings. The van der Waals surface area contributed by atoms with Crippen molar-refractivity contribution in [2.24, 2.45) is 0 Å². The van der Waals surface area contributed by atoms with Crippen molar-refractivity contribution >= 4 is 0 Å². The summed E-state index contributed by atoms with van der Waals surface area (Å²) in [5.41, 5.74) is -2.27. The van der Waals surface area contributed by atoms with Gasteiger partial charge >= 0.3 is 5.66 Å². The quantitative estimate of drug-likeness (QED) is 0.199. The molecule has 0 fully saturated rings. The zero-order valence-corrected chi connectivity index (χ0v) is 7.13. The van der Waals surface area contributed by atoms with Crippen LogP contribution >= 0.6 is 0 Å². The second-order valence-electron chi connectivity index (χ2n) is 2.54. The molecule has 0 aromatic rings. The van der Waals surface area contributed by atoms with E-state index in [1.165, 1.54) is 6.08 Å². The van der Waals surface area contributed by atoms with Crippen molar-refractivity contribution in [2.45, 2.75) is 12.6 Å². The van der Waals surface area contributed by atoms with Gasteiger partial charge in [-0.15, -0.1) is 6.58 Å². The van der Waals surface area contributed by atoms with Gasteiger partial charge in [0.15, 0.2) is 6.61 Å². The molecule has 0 spiro atoms. The van der Waals surface area contributed by atoms with Gasteiger partial charge in [0, 0.05) is 0 Å². The van der Waals surface area contributed by atoms with E-state index in [4.69, 9.17) is 0 Å². The van der Waals surface area contributed by atoms with Crippen molar-refractivity contribution in [3.05, 3.63) is 32.9 Å². The van der Waals surface area contributed by atoms with Gasteiger partial charge in [0.05, 0.1) is 13.5 Å². The van der Waals surface area contributed by atoms with Crippen LogP contribution < -0.4 is 0 Å². The van der Waals surface area contributed by atoms with Crippen LogP contribution in [0.3, 0.4) is 0 Å². The standard InChI is InChI=1S/C6H10N2O5/c1-3-4-13-5-6(2,7(9)10)8(11)12/h3H,1,4-5H2,2H3. The Balaban J connectivity index is 4.34. The normalized spacial score (nSPS) is 10.8. The molecule has 0 saturated carbocycles. The molecule has 0 aliphatic carbocycles. The van der Waals surface area contributed by atoms with E-state index in [1.807, 2.05) is 0 Å². The Labute approximate surface area is 74.3 Å². The fraction of sp³-hybridized carbons (Fsp3) is 0.667. The third-order valence-corrected chi connectivity index (χ3v) is 1.40. The minimum absolute atomic E-state index is 0.0528. The van der Waals surface area contributed by atoms with Gasteiger partial charge < -0.3 is 4.74 Å². The van der Waals surface area contributed by atoms with Gasteiger partial charge in [-0.3, -0.25) is 20.2 Å². The molecule has 0 amide bonds. The molecule has 0 rings (SSSR count). The Kier molecular flexibility index (Phi) is 3.99. The lowest BCUT2D eigenvalue weighted by Crippen LogP contribution is -2.47. The van der Waals surface area contributed by atoms with E-state index in [0.717, 1.165) is 6.92 Å². The van der Waals surface area contributed by atoms with Gasteiger partial charge in [0.2, 0.25) is 0 Å². The molecule has 7 heteroatoms. The Morgan fingerprint density at radius 2 is 1.92 bits per heavy atom. The highest BCUT2D eigenvalue weighted by Gasteiger charge is 2.50. The van der Waals surface area contributed by atoms with E-state index in [9.17, 15) is 20.2 Å². The molecule has 0 N–H and O–H groups in total. The summed E-state index contributed by atoms with van der Waals surface area (Å²) in [4.78, 5) is 18.7. The highest BCUT2D eigenvalue weighted by molar-refractivity contribution is 4.66. The first-order valence-electron chi connectivity index (χ1n) is 3.42. The highest BCUT2D eigenvalue weighted by Crippen LogP contribution is 2.10. The maximum atomic E-state index is 10.3. The predicted molar refractivity (Wildman–Crippen MR) is 43.4 cm³/mol. The summed E-state index contributed by atoms with van der Waals surface area (Å²) >= 11 is 0. The maximum absolute atomic E-state index is 10.3. The van der Waals surface area contributed by atoms with Gasteiger partial charge in [-0.1, -0.05) is 6.08 Å². The third kappa shape index (κ3) is 2.79. The minimum Gasteiger partial charge on any atom is -0.362 e. The van der Waals surface area contributed by atoms with Crippen LogP contribution in [0.25, 0.3) is 0 Å². The monoisotopic (exact) mass is 190 g/mol. The summed E-state index contributed by atoms with van der Waals surface area (Å²) in [5, 5.41) is 20.6. The molecular weight excluding hydrogens is 180 g/mol. The Morgan fingerprint density at radius 3 is 2.23 bits per heavy atom. The van der Waals surface area contributed by atoms with Crippen LogP contribution in [0, 0.1) is 20.2 Å². The molecule has 13 heavy (non-hydrogen) atoms. The van der Waals surface area contributed by atoms with E-state index in [1.54, 1.807) is 0 Å². The first-order valence-corrected chi connectivity index (χ1v) is 3.42. The molecule has 0 aromatic carbocycles. The summed E-state index contributed by atoms with van der Waals surface area (Å²) in [6, 6.07) is 0. The zero-order valence-electron chi connectivity index (χ0n) is 7.13. The Hall–Kier alpha value is -1.50. The van der Waals surface area contributed by atoms with Crippen molar-refractivity contribution in [2.75, 3.05) is 13.2 Å². The Morgan fingerprint density at radius 1 is 1.46 bits per heavy atom. The van der Waals surface area contributed by atoms with Crippen LogP contribution in [0.5, 0.6) is 0 Å². The molecule has 0 atom stereocenters. The van der Waals surface area contributed by atoms with Crippen molar-refractivity contribution in [1.29, 1.82) is 0 Å². The number of nitrogens with zero attached hydrogens (tertiary/aromatic N) is 2. The van der Waals surface area contributed by atoms with Gasteiger partial charge in [0.1, 0.15) is 9.85 Å². The van der Waals surface area contributed by atoms with Crippen LogP contribution in [-0.4, -0.2) is 28.7 Å². The second-order valence-corrected chi connectivity index (χ2v) is 2.54. The molecule has 7 nitrogen and oxygen atoms in total. The number of nitro groups is 2. The molecule has 0 unspecified atom stereocenters. The van der Waals surface area contributed by atoms with Gasteiger partial charge in [0.25, 0.3) is 0 Å². The topological polar surface area (TPSA) is 95.5 Å². The number of hydrogen-bond donors (Lipinski definition) is 0. The van der Waals surface area contributed by atoms with E-state index in [-0.39, 0.29) is 6.61 Å². The number of ether oxygens (including phenoxy) is 1. The molecule has 0 radical (unpaired) electrons. The Bertz CT molecular complexity index is 213. The summed E-state index contributed by atoms with van der Waals surface area (Å²) < 4.78 is 4.67. The SMILES string of the molecule is C=CCOCC(C)([N+](=O)[O-])[N+](=O)[O-]. The van der Waals surface area contributed by atoms with Crippen LogP contribution in [0.2, 0.25) is 0 Å². The molecular formula is C6H10N2O5. The van der Waals surface area contributed by atoms with Crippen LogP contribution in [0.15, 0.2) is 12.7 Å². The predicted octanol–water partition coefficient (Wildman–Crippen LogP) is 0.459. The lowest BCUT2D eigenvalue weighted by Gasteiger charge is -2.11. The molecule has 74 valence electrons. The van der Waals surface area contributed by atoms with Gasteiger partial charge in [-0.05, 0) is 0 Å². The average molecular weight is 190 g/mol. The first kappa shape index (κ1) is 11.5. The van der Waals surface area contributed by atoms with Gasteiger partial charge in [-0.25, -0.2) is 0 Å². The van der Waals surface area contributed by atoms with E-state index in [2.05, 4.69) is 11.3 Å². The van der Waals surface area contributed by atoms with Crippen LogP contribution in [0.1, 0.15) is 6.92 Å². The number of hydrogen-bond acceptors (Lipinski definition) is 5. The second kappa shape index (κ2) is 4.51. The first-order chi connectivity index (χ1) is 5.95. The van der Waals surface area contributed by atoms with E-state index >= 15 is 0 Å². The van der Waals surface area contributed by atoms with Crippen LogP contribution in [0.4, 0.5) is 0 Å². The third-order valence-electron chi connectivity index (χ3n) is 1.40. The molecule has 0 aliphatic heterocycles. The van der Waals surface area contributed by atoms with Crippen molar-refractivity contribution in [1.82, 2.24) is 0 Å². The zero-order chi connectivity index (χ0) is 10.5. The molecule has 0 saturated heterocycles. The average Bonchev–Trinajstić information content (AvgIpc) is 2.03. The van der Waals surface area contributed by atoms with E-state index < -0.39 is 22.1 Å². The maximum Gasteiger partial charge on any atom is 0.478 e. The lowest BCUT2D eigenvalue weighted by molar-refractivity contribution is -0.794. The summed E-state index contributed by atoms with van der Waals surface area (Å²) in [6.45, 7) is 3.69. The van der Waals surface area contributed by atoms with Crippen molar-refractivity contribution < 1.29 is 14.6 Å². The van der Waals surface area contributed by atoms with E-state index in [0.29, 0.717) is 0 Å². The lowest BCUT2D eigenvalue weighted by atomic mass is 10.2. The van der Waals surface area contributed by atoms with Gasteiger partial charge in [-0.2, -0.15) is 0 Å². The minimum atomic E-state index is -2.27. The highest BCUT2D eigenvalue weighted by atomic mass is 16.7. The number of rotatable bonds is 6. The molecule has 0 bridgehead atoms. The fourth-order valence-electron chi connectivity index (χ4n) is 0.508. The summed E-state index contributed by atoms with van der Waals surface area (Å²) in [6.07, 6.45) is 1.36. The summed E-state index contributed by atoms with van der Waals surface area (Å²) in [5.74, 6) is 0.